The van der Waals surface area contributed by atoms with Crippen molar-refractivity contribution < 1.29 is 4.79 Å². The zero-order valence-electron chi connectivity index (χ0n) is 11.3. The summed E-state index contributed by atoms with van der Waals surface area (Å²) >= 11 is 0. The molecular weight excluding hydrogens is 202 g/mol. The monoisotopic (exact) mass is 227 g/mol. The summed E-state index contributed by atoms with van der Waals surface area (Å²) in [5, 5.41) is 3.10. The highest BCUT2D eigenvalue weighted by atomic mass is 16.2. The molecule has 1 rings (SSSR count). The van der Waals surface area contributed by atoms with E-state index in [1.165, 1.54) is 0 Å². The number of carbonyl (C=O) groups is 1. The van der Waals surface area contributed by atoms with Crippen molar-refractivity contribution in [3.05, 3.63) is 0 Å². The molecule has 16 heavy (non-hydrogen) atoms. The second kappa shape index (κ2) is 4.00. The highest BCUT2D eigenvalue weighted by Crippen LogP contribution is 2.52. The Labute approximate surface area is 98.6 Å². The Morgan fingerprint density at radius 3 is 2.06 bits per heavy atom. The van der Waals surface area contributed by atoms with E-state index < -0.39 is 0 Å². The summed E-state index contributed by atoms with van der Waals surface area (Å²) in [4.78, 5) is 13.6. The molecule has 1 amide bonds. The minimum atomic E-state index is -0.0223. The van der Waals surface area contributed by atoms with Crippen molar-refractivity contribution >= 4 is 5.91 Å². The second-order valence-corrected chi connectivity index (χ2v) is 6.36. The Morgan fingerprint density at radius 1 is 1.25 bits per heavy atom. The molecule has 1 aliphatic rings. The van der Waals surface area contributed by atoms with Crippen LogP contribution < -0.4 is 11.1 Å². The molecule has 0 aromatic heterocycles. The lowest BCUT2D eigenvalue weighted by atomic mass is 9.48. The van der Waals surface area contributed by atoms with Crippen LogP contribution in [0.15, 0.2) is 0 Å². The zero-order chi connectivity index (χ0) is 12.7. The number of rotatable bonds is 3. The van der Waals surface area contributed by atoms with E-state index in [1.807, 2.05) is 19.0 Å². The first-order valence-electron chi connectivity index (χ1n) is 5.80. The smallest absolute Gasteiger partial charge is 0.234 e. The molecule has 0 atom stereocenters. The second-order valence-electron chi connectivity index (χ2n) is 6.36. The van der Waals surface area contributed by atoms with E-state index in [-0.39, 0.29) is 28.8 Å². The molecule has 0 unspecified atom stereocenters. The number of nitrogens with two attached hydrogens (primary N) is 1. The summed E-state index contributed by atoms with van der Waals surface area (Å²) in [5.74, 6) is 0.0723. The van der Waals surface area contributed by atoms with Gasteiger partial charge in [0, 0.05) is 22.9 Å². The number of nitrogens with one attached hydrogen (secondary N) is 1. The number of nitrogens with zero attached hydrogens (tertiary/aromatic N) is 1. The van der Waals surface area contributed by atoms with Crippen molar-refractivity contribution in [1.29, 1.82) is 0 Å². The fourth-order valence-electron chi connectivity index (χ4n) is 3.05. The van der Waals surface area contributed by atoms with Crippen LogP contribution in [0.25, 0.3) is 0 Å². The van der Waals surface area contributed by atoms with Gasteiger partial charge in [-0.3, -0.25) is 4.79 Å². The molecule has 1 saturated carbocycles. The van der Waals surface area contributed by atoms with Crippen LogP contribution in [0.4, 0.5) is 0 Å². The summed E-state index contributed by atoms with van der Waals surface area (Å²) in [5.41, 5.74) is 6.09. The molecule has 1 aliphatic carbocycles. The van der Waals surface area contributed by atoms with Gasteiger partial charge in [-0.2, -0.15) is 0 Å². The standard InChI is InChI=1S/C12H25N3O/c1-11(2)9(13)12(3,4)10(11)14-8(16)7-15(5)6/h9-10H,7,13H2,1-6H3,(H,14,16). The molecule has 0 spiro atoms. The van der Waals surface area contributed by atoms with Gasteiger partial charge in [-0.05, 0) is 14.1 Å². The Kier molecular flexibility index (Phi) is 3.37. The molecule has 0 aliphatic heterocycles. The van der Waals surface area contributed by atoms with Crippen molar-refractivity contribution in [1.82, 2.24) is 10.2 Å². The first-order chi connectivity index (χ1) is 7.10. The minimum Gasteiger partial charge on any atom is -0.351 e. The van der Waals surface area contributed by atoms with Gasteiger partial charge in [0.2, 0.25) is 5.91 Å². The van der Waals surface area contributed by atoms with E-state index in [2.05, 4.69) is 33.0 Å². The third kappa shape index (κ3) is 2.09. The lowest BCUT2D eigenvalue weighted by molar-refractivity contribution is -0.132. The van der Waals surface area contributed by atoms with Gasteiger partial charge in [0.25, 0.3) is 0 Å². The van der Waals surface area contributed by atoms with Crippen LogP contribution in [0.3, 0.4) is 0 Å². The third-order valence-corrected chi connectivity index (χ3v) is 3.86. The summed E-state index contributed by atoms with van der Waals surface area (Å²) in [6, 6.07) is 0.284. The van der Waals surface area contributed by atoms with Crippen LogP contribution in [0.2, 0.25) is 0 Å². The maximum atomic E-state index is 11.7. The average Bonchev–Trinajstić information content (AvgIpc) is 2.11. The predicted molar refractivity (Wildman–Crippen MR) is 66.0 cm³/mol. The fraction of sp³-hybridized carbons (Fsp3) is 0.917. The molecule has 0 bridgehead atoms. The van der Waals surface area contributed by atoms with Crippen LogP contribution in [0, 0.1) is 10.8 Å². The topological polar surface area (TPSA) is 58.4 Å². The number of carbonyl (C=O) groups excluding carboxylic acids is 1. The van der Waals surface area contributed by atoms with Gasteiger partial charge in [-0.25, -0.2) is 0 Å². The summed E-state index contributed by atoms with van der Waals surface area (Å²) in [7, 11) is 3.78. The highest BCUT2D eigenvalue weighted by molar-refractivity contribution is 5.78. The first kappa shape index (κ1) is 13.5. The van der Waals surface area contributed by atoms with E-state index in [0.29, 0.717) is 6.54 Å². The van der Waals surface area contributed by atoms with Gasteiger partial charge in [-0.1, -0.05) is 27.7 Å². The van der Waals surface area contributed by atoms with E-state index in [4.69, 9.17) is 5.73 Å². The van der Waals surface area contributed by atoms with Crippen molar-refractivity contribution in [2.75, 3.05) is 20.6 Å². The molecular formula is C12H25N3O. The van der Waals surface area contributed by atoms with Gasteiger partial charge in [-0.15, -0.1) is 0 Å². The van der Waals surface area contributed by atoms with Gasteiger partial charge < -0.3 is 16.0 Å². The van der Waals surface area contributed by atoms with Gasteiger partial charge >= 0.3 is 0 Å². The number of hydrogen-bond donors (Lipinski definition) is 2. The Balaban J connectivity index is 2.64. The summed E-state index contributed by atoms with van der Waals surface area (Å²) in [6.07, 6.45) is 0. The normalized spacial score (nSPS) is 31.0. The maximum absolute atomic E-state index is 11.7. The van der Waals surface area contributed by atoms with Crippen LogP contribution in [-0.2, 0) is 4.79 Å². The minimum absolute atomic E-state index is 0.0223. The zero-order valence-corrected chi connectivity index (χ0v) is 11.3. The van der Waals surface area contributed by atoms with Crippen molar-refractivity contribution in [2.45, 2.75) is 39.8 Å². The molecule has 0 heterocycles. The number of likely N-dealkylation sites (N-methyl/N-ethyl adjacent to an activating group) is 1. The number of amides is 1. The molecule has 94 valence electrons. The van der Waals surface area contributed by atoms with E-state index >= 15 is 0 Å². The lowest BCUT2D eigenvalue weighted by Crippen LogP contribution is -2.76. The quantitative estimate of drug-likeness (QED) is 0.735. The first-order valence-corrected chi connectivity index (χ1v) is 5.80. The van der Waals surface area contributed by atoms with Gasteiger partial charge in [0.15, 0.2) is 0 Å². The molecule has 1 fully saturated rings. The summed E-state index contributed by atoms with van der Waals surface area (Å²) in [6.45, 7) is 8.89. The van der Waals surface area contributed by atoms with Crippen molar-refractivity contribution in [3.8, 4) is 0 Å². The SMILES string of the molecule is CN(C)CC(=O)NC1C(C)(C)C(N)C1(C)C. The molecule has 0 saturated heterocycles. The van der Waals surface area contributed by atoms with Gasteiger partial charge in [0.05, 0.1) is 6.54 Å². The van der Waals surface area contributed by atoms with E-state index in [0.717, 1.165) is 0 Å². The van der Waals surface area contributed by atoms with Crippen LogP contribution in [0.5, 0.6) is 0 Å². The molecule has 4 heteroatoms. The Bertz CT molecular complexity index is 268. The van der Waals surface area contributed by atoms with E-state index in [1.54, 1.807) is 0 Å². The fourth-order valence-corrected chi connectivity index (χ4v) is 3.05. The largest absolute Gasteiger partial charge is 0.351 e. The highest BCUT2D eigenvalue weighted by Gasteiger charge is 2.60. The van der Waals surface area contributed by atoms with Crippen LogP contribution in [-0.4, -0.2) is 43.5 Å². The van der Waals surface area contributed by atoms with Crippen molar-refractivity contribution in [2.24, 2.45) is 16.6 Å². The maximum Gasteiger partial charge on any atom is 0.234 e. The molecule has 0 aromatic carbocycles. The van der Waals surface area contributed by atoms with E-state index in [9.17, 15) is 4.79 Å². The third-order valence-electron chi connectivity index (χ3n) is 3.86. The Hall–Kier alpha value is -0.610. The molecule has 0 aromatic rings. The van der Waals surface area contributed by atoms with Gasteiger partial charge in [0.1, 0.15) is 0 Å². The lowest BCUT2D eigenvalue weighted by Gasteiger charge is -2.62. The molecule has 4 nitrogen and oxygen atoms in total. The molecule has 0 radical (unpaired) electrons. The molecule has 3 N–H and O–H groups in total. The number of hydrogen-bond acceptors (Lipinski definition) is 3. The predicted octanol–water partition coefficient (Wildman–Crippen LogP) is 0.426. The summed E-state index contributed by atoms with van der Waals surface area (Å²) < 4.78 is 0. The van der Waals surface area contributed by atoms with Crippen LogP contribution >= 0.6 is 0 Å². The van der Waals surface area contributed by atoms with Crippen molar-refractivity contribution in [3.63, 3.8) is 0 Å². The Morgan fingerprint density at radius 2 is 1.69 bits per heavy atom. The van der Waals surface area contributed by atoms with Crippen LogP contribution in [0.1, 0.15) is 27.7 Å². The average molecular weight is 227 g/mol.